The average Bonchev–Trinajstić information content (AvgIpc) is 3.42. The third kappa shape index (κ3) is 64.9. The van der Waals surface area contributed by atoms with Gasteiger partial charge < -0.3 is 18.9 Å². The Labute approximate surface area is 496 Å². The molecule has 2 unspecified atom stereocenters. The van der Waals surface area contributed by atoms with E-state index in [4.69, 9.17) is 18.5 Å². The molecule has 2 atom stereocenters. The minimum atomic E-state index is -4.39. The van der Waals surface area contributed by atoms with Crippen molar-refractivity contribution in [2.45, 2.75) is 328 Å². The van der Waals surface area contributed by atoms with Crippen LogP contribution in [-0.4, -0.2) is 74.9 Å². The van der Waals surface area contributed by atoms with E-state index in [-0.39, 0.29) is 32.0 Å². The predicted octanol–water partition coefficient (Wildman–Crippen LogP) is 21.8. The number of rotatable bonds is 63. The third-order valence-electron chi connectivity index (χ3n) is 15.0. The highest BCUT2D eigenvalue weighted by molar-refractivity contribution is 7.47. The van der Waals surface area contributed by atoms with Gasteiger partial charge in [0, 0.05) is 12.8 Å². The second-order valence-electron chi connectivity index (χ2n) is 24.2. The number of allylic oxidation sites excluding steroid dienone is 10. The van der Waals surface area contributed by atoms with Gasteiger partial charge in [-0.3, -0.25) is 18.6 Å². The van der Waals surface area contributed by atoms with Crippen LogP contribution in [0.3, 0.4) is 0 Å². The van der Waals surface area contributed by atoms with Crippen molar-refractivity contribution in [3.63, 3.8) is 0 Å². The summed E-state index contributed by atoms with van der Waals surface area (Å²) in [4.78, 5) is 35.8. The first-order valence-electron chi connectivity index (χ1n) is 34.0. The number of hydrogen-bond acceptors (Lipinski definition) is 7. The number of carbonyl (C=O) groups is 2. The molecule has 9 nitrogen and oxygen atoms in total. The molecule has 0 bridgehead atoms. The van der Waals surface area contributed by atoms with Gasteiger partial charge in [-0.1, -0.05) is 286 Å². The zero-order chi connectivity index (χ0) is 58.4. The SMILES string of the molecule is CCCCCCC/C=C\C/C=C\C/C=C\CCCCCCCCC(=O)OC(COC(=O)CCCCCCCCCCCCCCCCCCCCCCCCC/C=C\C/C=C\CCCCCCC)COP(=O)(O)OCC[N+](C)(C)C. The van der Waals surface area contributed by atoms with Crippen LogP contribution in [0.15, 0.2) is 60.8 Å². The largest absolute Gasteiger partial charge is 0.472 e. The van der Waals surface area contributed by atoms with Crippen LogP contribution in [0.2, 0.25) is 0 Å². The highest BCUT2D eigenvalue weighted by Crippen LogP contribution is 2.43. The van der Waals surface area contributed by atoms with Crippen molar-refractivity contribution < 1.29 is 42.1 Å². The van der Waals surface area contributed by atoms with Gasteiger partial charge in [0.1, 0.15) is 19.8 Å². The second-order valence-corrected chi connectivity index (χ2v) is 25.7. The summed E-state index contributed by atoms with van der Waals surface area (Å²) in [5, 5.41) is 0. The highest BCUT2D eigenvalue weighted by atomic mass is 31.2. The van der Waals surface area contributed by atoms with E-state index >= 15 is 0 Å². The van der Waals surface area contributed by atoms with Crippen LogP contribution in [0.1, 0.15) is 322 Å². The van der Waals surface area contributed by atoms with Gasteiger partial charge in [0.05, 0.1) is 27.7 Å². The Morgan fingerprint density at radius 2 is 0.675 bits per heavy atom. The number of hydrogen-bond donors (Lipinski definition) is 1. The Morgan fingerprint density at radius 1 is 0.388 bits per heavy atom. The summed E-state index contributed by atoms with van der Waals surface area (Å²) in [6.45, 7) is 4.44. The van der Waals surface area contributed by atoms with Gasteiger partial charge in [0.15, 0.2) is 6.10 Å². The van der Waals surface area contributed by atoms with Crippen molar-refractivity contribution in [1.29, 1.82) is 0 Å². The average molecular weight is 1150 g/mol. The number of esters is 2. The zero-order valence-electron chi connectivity index (χ0n) is 53.3. The Kier molecular flexibility index (Phi) is 59.5. The van der Waals surface area contributed by atoms with E-state index in [0.717, 1.165) is 77.0 Å². The molecule has 0 spiro atoms. The topological polar surface area (TPSA) is 108 Å². The lowest BCUT2D eigenvalue weighted by Crippen LogP contribution is -2.37. The van der Waals surface area contributed by atoms with Crippen molar-refractivity contribution in [1.82, 2.24) is 0 Å². The number of likely N-dealkylation sites (N-methyl/N-ethyl adjacent to an activating group) is 1. The van der Waals surface area contributed by atoms with E-state index in [2.05, 4.69) is 74.6 Å². The van der Waals surface area contributed by atoms with Crippen LogP contribution < -0.4 is 0 Å². The maximum atomic E-state index is 12.8. The molecule has 0 aliphatic carbocycles. The molecule has 0 aliphatic heterocycles. The predicted molar refractivity (Wildman–Crippen MR) is 344 cm³/mol. The van der Waals surface area contributed by atoms with Crippen molar-refractivity contribution in [3.8, 4) is 0 Å². The smallest absolute Gasteiger partial charge is 0.462 e. The number of phosphoric ester groups is 1. The molecule has 468 valence electrons. The van der Waals surface area contributed by atoms with Gasteiger partial charge in [-0.15, -0.1) is 0 Å². The Bertz CT molecular complexity index is 1530. The van der Waals surface area contributed by atoms with Crippen LogP contribution in [0, 0.1) is 0 Å². The fourth-order valence-corrected chi connectivity index (χ4v) is 10.5. The molecule has 0 aromatic rings. The fourth-order valence-electron chi connectivity index (χ4n) is 9.76. The number of unbranched alkanes of at least 4 members (excludes halogenated alkanes) is 39. The molecule has 0 aromatic carbocycles. The molecule has 0 rings (SSSR count). The summed E-state index contributed by atoms with van der Waals surface area (Å²) in [7, 11) is 1.48. The lowest BCUT2D eigenvalue weighted by atomic mass is 10.0. The van der Waals surface area contributed by atoms with E-state index in [0.29, 0.717) is 17.4 Å². The first-order chi connectivity index (χ1) is 39.0. The van der Waals surface area contributed by atoms with Crippen LogP contribution in [0.4, 0.5) is 0 Å². The van der Waals surface area contributed by atoms with Crippen LogP contribution in [0.25, 0.3) is 0 Å². The normalized spacial score (nSPS) is 13.5. The lowest BCUT2D eigenvalue weighted by Gasteiger charge is -2.24. The van der Waals surface area contributed by atoms with E-state index < -0.39 is 26.5 Å². The Hall–Kier alpha value is -2.29. The van der Waals surface area contributed by atoms with Gasteiger partial charge >= 0.3 is 19.8 Å². The summed E-state index contributed by atoms with van der Waals surface area (Å²) in [6, 6.07) is 0. The quantitative estimate of drug-likeness (QED) is 0.0211. The highest BCUT2D eigenvalue weighted by Gasteiger charge is 2.27. The summed E-state index contributed by atoms with van der Waals surface area (Å²) >= 11 is 0. The van der Waals surface area contributed by atoms with Gasteiger partial charge in [-0.2, -0.15) is 0 Å². The van der Waals surface area contributed by atoms with E-state index in [1.807, 2.05) is 21.1 Å². The van der Waals surface area contributed by atoms with Crippen molar-refractivity contribution >= 4 is 19.8 Å². The van der Waals surface area contributed by atoms with Gasteiger partial charge in [-0.25, -0.2) is 4.57 Å². The Morgan fingerprint density at radius 3 is 1.00 bits per heavy atom. The third-order valence-corrected chi connectivity index (χ3v) is 16.0. The molecule has 80 heavy (non-hydrogen) atoms. The van der Waals surface area contributed by atoms with Crippen molar-refractivity contribution in [2.24, 2.45) is 0 Å². The first kappa shape index (κ1) is 77.7. The summed E-state index contributed by atoms with van der Waals surface area (Å²) in [6.07, 6.45) is 80.4. The molecule has 10 heteroatoms. The van der Waals surface area contributed by atoms with Gasteiger partial charge in [-0.05, 0) is 83.5 Å². The van der Waals surface area contributed by atoms with Crippen molar-refractivity contribution in [2.75, 3.05) is 47.5 Å². The molecule has 0 amide bonds. The maximum Gasteiger partial charge on any atom is 0.472 e. The van der Waals surface area contributed by atoms with Crippen LogP contribution in [0.5, 0.6) is 0 Å². The summed E-state index contributed by atoms with van der Waals surface area (Å²) in [5.41, 5.74) is 0. The minimum Gasteiger partial charge on any atom is -0.462 e. The number of phosphoric acid groups is 1. The fraction of sp³-hybridized carbons (Fsp3) is 0.829. The van der Waals surface area contributed by atoms with Crippen LogP contribution >= 0.6 is 7.82 Å². The van der Waals surface area contributed by atoms with Crippen molar-refractivity contribution in [3.05, 3.63) is 60.8 Å². The molecule has 0 saturated carbocycles. The lowest BCUT2D eigenvalue weighted by molar-refractivity contribution is -0.870. The monoisotopic (exact) mass is 1140 g/mol. The number of ether oxygens (including phenoxy) is 2. The molecular formula is C70H131NO8P+. The molecule has 1 N–H and O–H groups in total. The van der Waals surface area contributed by atoms with Gasteiger partial charge in [0.2, 0.25) is 0 Å². The summed E-state index contributed by atoms with van der Waals surface area (Å²) in [5.74, 6) is -0.800. The molecule has 0 saturated heterocycles. The molecule has 0 heterocycles. The molecular weight excluding hydrogens is 1010 g/mol. The second kappa shape index (κ2) is 61.3. The molecule has 0 aromatic heterocycles. The van der Waals surface area contributed by atoms with E-state index in [9.17, 15) is 19.0 Å². The number of quaternary nitrogens is 1. The maximum absolute atomic E-state index is 12.8. The standard InChI is InChI=1S/C70H130NO8P/c1-6-8-10-12-14-16-18-20-22-24-26-28-29-30-31-32-33-34-35-36-37-38-39-40-41-43-44-46-48-50-52-54-56-58-60-62-69(72)76-66-68(67-78-80(74,75)77-65-64-71(3,4)5)79-70(73)63-61-59-57-55-53-51-49-47-45-42-27-25-23-21-19-17-15-13-11-9-7-2/h18-21,24-27,45,47,68H,6-17,22-23,28-44,46,48-67H2,1-5H3/p+1/b20-18-,21-19-,26-24-,27-25-,47-45-. The zero-order valence-corrected chi connectivity index (χ0v) is 54.2. The Balaban J connectivity index is 3.99. The minimum absolute atomic E-state index is 0.0287. The molecule has 0 aliphatic rings. The number of carbonyl (C=O) groups excluding carboxylic acids is 2. The molecule has 0 radical (unpaired) electrons. The van der Waals surface area contributed by atoms with E-state index in [1.54, 1.807) is 0 Å². The van der Waals surface area contributed by atoms with Crippen LogP contribution in [-0.2, 0) is 32.7 Å². The molecule has 0 fully saturated rings. The van der Waals surface area contributed by atoms with Gasteiger partial charge in [0.25, 0.3) is 0 Å². The first-order valence-corrected chi connectivity index (χ1v) is 35.5. The number of nitrogens with zero attached hydrogens (tertiary/aromatic N) is 1. The summed E-state index contributed by atoms with van der Waals surface area (Å²) < 4.78 is 34.7. The van der Waals surface area contributed by atoms with E-state index in [1.165, 1.54) is 212 Å².